The number of ether oxygens (including phenoxy) is 1. The molecule has 1 saturated carbocycles. The zero-order valence-electron chi connectivity index (χ0n) is 9.43. The Bertz CT molecular complexity index is 642. The van der Waals surface area contributed by atoms with Crippen molar-refractivity contribution < 1.29 is 9.53 Å². The van der Waals surface area contributed by atoms with Crippen LogP contribution in [0.4, 0.5) is 0 Å². The van der Waals surface area contributed by atoms with Crippen molar-refractivity contribution in [1.29, 1.82) is 0 Å². The lowest BCUT2D eigenvalue weighted by molar-refractivity contribution is -0.142. The van der Waals surface area contributed by atoms with Gasteiger partial charge in [-0.15, -0.1) is 0 Å². The van der Waals surface area contributed by atoms with Gasteiger partial charge in [0.1, 0.15) is 15.9 Å². The molecule has 2 aromatic heterocycles. The normalized spacial score (nSPS) is 22.2. The average molecular weight is 331 g/mol. The standard InChI is InChI=1S/C11H9BrClN3O2/c1-18-11(17)6-4-5(6)10-15-8(12)7-9(13)14-2-3-16(7)10/h2-3,5-6H,4H2,1H3/t5-,6+/m0/s1. The van der Waals surface area contributed by atoms with Crippen molar-refractivity contribution in [2.45, 2.75) is 12.3 Å². The third kappa shape index (κ3) is 1.71. The Morgan fingerprint density at radius 1 is 1.67 bits per heavy atom. The third-order valence-corrected chi connectivity index (χ3v) is 3.95. The Kier molecular flexibility index (Phi) is 2.79. The number of imidazole rings is 1. The molecule has 0 spiro atoms. The average Bonchev–Trinajstić information content (AvgIpc) is 3.08. The number of hydrogen-bond acceptors (Lipinski definition) is 4. The summed E-state index contributed by atoms with van der Waals surface area (Å²) in [5.41, 5.74) is 0.727. The molecular weight excluding hydrogens is 321 g/mol. The number of carbonyl (C=O) groups is 1. The summed E-state index contributed by atoms with van der Waals surface area (Å²) in [6.45, 7) is 0. The molecule has 3 rings (SSSR count). The minimum absolute atomic E-state index is 0.0923. The molecule has 18 heavy (non-hydrogen) atoms. The summed E-state index contributed by atoms with van der Waals surface area (Å²) in [4.78, 5) is 19.9. The Morgan fingerprint density at radius 2 is 2.44 bits per heavy atom. The quantitative estimate of drug-likeness (QED) is 0.794. The van der Waals surface area contributed by atoms with Gasteiger partial charge in [0.25, 0.3) is 0 Å². The highest BCUT2D eigenvalue weighted by Gasteiger charge is 2.47. The molecule has 1 aliphatic rings. The predicted octanol–water partition coefficient (Wildman–Crippen LogP) is 2.42. The highest BCUT2D eigenvalue weighted by Crippen LogP contribution is 2.48. The van der Waals surface area contributed by atoms with Gasteiger partial charge in [0.2, 0.25) is 0 Å². The van der Waals surface area contributed by atoms with E-state index in [4.69, 9.17) is 16.3 Å². The summed E-state index contributed by atoms with van der Waals surface area (Å²) in [6, 6.07) is 0. The lowest BCUT2D eigenvalue weighted by Crippen LogP contribution is -2.05. The summed E-state index contributed by atoms with van der Waals surface area (Å²) in [5, 5.41) is 0.387. The Hall–Kier alpha value is -1.14. The van der Waals surface area contributed by atoms with Gasteiger partial charge < -0.3 is 4.74 Å². The fraction of sp³-hybridized carbons (Fsp3) is 0.364. The van der Waals surface area contributed by atoms with E-state index in [0.29, 0.717) is 9.76 Å². The zero-order valence-corrected chi connectivity index (χ0v) is 11.8. The van der Waals surface area contributed by atoms with Crippen LogP contribution in [0.5, 0.6) is 0 Å². The molecule has 0 amide bonds. The van der Waals surface area contributed by atoms with Crippen LogP contribution in [0, 0.1) is 5.92 Å². The summed E-state index contributed by atoms with van der Waals surface area (Å²) < 4.78 is 7.25. The monoisotopic (exact) mass is 329 g/mol. The fourth-order valence-corrected chi connectivity index (χ4v) is 3.05. The molecule has 7 heteroatoms. The van der Waals surface area contributed by atoms with Gasteiger partial charge in [-0.05, 0) is 22.4 Å². The van der Waals surface area contributed by atoms with Gasteiger partial charge in [-0.2, -0.15) is 0 Å². The number of aromatic nitrogens is 3. The minimum atomic E-state index is -0.187. The maximum atomic E-state index is 11.5. The van der Waals surface area contributed by atoms with Gasteiger partial charge in [0.15, 0.2) is 5.15 Å². The molecule has 1 aliphatic carbocycles. The van der Waals surface area contributed by atoms with E-state index in [1.165, 1.54) is 7.11 Å². The Balaban J connectivity index is 2.05. The summed E-state index contributed by atoms with van der Waals surface area (Å²) in [7, 11) is 1.40. The Morgan fingerprint density at radius 3 is 3.17 bits per heavy atom. The van der Waals surface area contributed by atoms with Crippen LogP contribution in [0.1, 0.15) is 18.2 Å². The lowest BCUT2D eigenvalue weighted by Gasteiger charge is -2.00. The van der Waals surface area contributed by atoms with Crippen molar-refractivity contribution in [3.05, 3.63) is 28.0 Å². The number of nitrogens with zero attached hydrogens (tertiary/aromatic N) is 3. The molecule has 2 heterocycles. The largest absolute Gasteiger partial charge is 0.469 e. The molecule has 2 atom stereocenters. The van der Waals surface area contributed by atoms with Crippen molar-refractivity contribution in [2.24, 2.45) is 5.92 Å². The first-order valence-electron chi connectivity index (χ1n) is 5.39. The van der Waals surface area contributed by atoms with E-state index in [1.54, 1.807) is 12.4 Å². The van der Waals surface area contributed by atoms with E-state index in [2.05, 4.69) is 25.9 Å². The van der Waals surface area contributed by atoms with E-state index in [1.807, 2.05) is 4.40 Å². The van der Waals surface area contributed by atoms with Gasteiger partial charge in [-0.25, -0.2) is 9.97 Å². The Labute approximate surface area is 116 Å². The van der Waals surface area contributed by atoms with Crippen molar-refractivity contribution in [2.75, 3.05) is 7.11 Å². The molecule has 1 fully saturated rings. The maximum absolute atomic E-state index is 11.5. The molecule has 0 unspecified atom stereocenters. The van der Waals surface area contributed by atoms with E-state index in [-0.39, 0.29) is 17.8 Å². The molecule has 94 valence electrons. The topological polar surface area (TPSA) is 56.5 Å². The number of methoxy groups -OCH3 is 1. The van der Waals surface area contributed by atoms with Gasteiger partial charge in [-0.3, -0.25) is 9.20 Å². The molecule has 0 radical (unpaired) electrons. The molecule has 0 aliphatic heterocycles. The van der Waals surface area contributed by atoms with Crippen LogP contribution in [0.2, 0.25) is 5.15 Å². The summed E-state index contributed by atoms with van der Waals surface area (Å²) in [5.74, 6) is 0.624. The highest BCUT2D eigenvalue weighted by molar-refractivity contribution is 9.10. The summed E-state index contributed by atoms with van der Waals surface area (Å²) in [6.07, 6.45) is 4.17. The number of halogens is 2. The highest BCUT2D eigenvalue weighted by atomic mass is 79.9. The van der Waals surface area contributed by atoms with Crippen LogP contribution < -0.4 is 0 Å². The van der Waals surface area contributed by atoms with Crippen molar-refractivity contribution in [1.82, 2.24) is 14.4 Å². The van der Waals surface area contributed by atoms with E-state index >= 15 is 0 Å². The van der Waals surface area contributed by atoms with Crippen LogP contribution in [0.3, 0.4) is 0 Å². The molecule has 0 saturated heterocycles. The number of carbonyl (C=O) groups excluding carboxylic acids is 1. The van der Waals surface area contributed by atoms with Crippen molar-refractivity contribution in [3.63, 3.8) is 0 Å². The van der Waals surface area contributed by atoms with Crippen molar-refractivity contribution >= 4 is 39.0 Å². The van der Waals surface area contributed by atoms with Crippen LogP contribution in [0.25, 0.3) is 5.52 Å². The van der Waals surface area contributed by atoms with Crippen molar-refractivity contribution in [3.8, 4) is 0 Å². The second-order valence-electron chi connectivity index (χ2n) is 4.17. The van der Waals surface area contributed by atoms with E-state index in [9.17, 15) is 4.79 Å². The SMILES string of the molecule is COC(=O)[C@@H]1C[C@@H]1c1nc(Br)c2c(Cl)nccn12. The molecule has 0 aromatic carbocycles. The summed E-state index contributed by atoms with van der Waals surface area (Å²) >= 11 is 9.40. The fourth-order valence-electron chi connectivity index (χ4n) is 2.14. The van der Waals surface area contributed by atoms with Gasteiger partial charge in [-0.1, -0.05) is 11.6 Å². The van der Waals surface area contributed by atoms with Crippen LogP contribution >= 0.6 is 27.5 Å². The molecule has 0 bridgehead atoms. The van der Waals surface area contributed by atoms with E-state index in [0.717, 1.165) is 17.8 Å². The lowest BCUT2D eigenvalue weighted by atomic mass is 10.3. The third-order valence-electron chi connectivity index (χ3n) is 3.12. The molecule has 2 aromatic rings. The minimum Gasteiger partial charge on any atom is -0.469 e. The van der Waals surface area contributed by atoms with Crippen LogP contribution in [-0.2, 0) is 9.53 Å². The first-order valence-corrected chi connectivity index (χ1v) is 6.56. The van der Waals surface area contributed by atoms with Crippen LogP contribution in [-0.4, -0.2) is 27.4 Å². The predicted molar refractivity (Wildman–Crippen MR) is 68.6 cm³/mol. The first kappa shape index (κ1) is 11.9. The molecule has 5 nitrogen and oxygen atoms in total. The number of hydrogen-bond donors (Lipinski definition) is 0. The van der Waals surface area contributed by atoms with Crippen LogP contribution in [0.15, 0.2) is 17.0 Å². The van der Waals surface area contributed by atoms with Gasteiger partial charge in [0, 0.05) is 18.3 Å². The number of fused-ring (bicyclic) bond motifs is 1. The second-order valence-corrected chi connectivity index (χ2v) is 5.28. The second kappa shape index (κ2) is 4.20. The van der Waals surface area contributed by atoms with Gasteiger partial charge in [0.05, 0.1) is 13.0 Å². The molecule has 0 N–H and O–H groups in total. The first-order chi connectivity index (χ1) is 8.63. The molecular formula is C11H9BrClN3O2. The van der Waals surface area contributed by atoms with Gasteiger partial charge >= 0.3 is 5.97 Å². The number of esters is 1. The number of rotatable bonds is 2. The maximum Gasteiger partial charge on any atom is 0.309 e. The smallest absolute Gasteiger partial charge is 0.309 e. The van der Waals surface area contributed by atoms with E-state index < -0.39 is 0 Å². The zero-order chi connectivity index (χ0) is 12.9.